The summed E-state index contributed by atoms with van der Waals surface area (Å²) in [6, 6.07) is 23.0. The number of azide groups is 1. The van der Waals surface area contributed by atoms with Crippen molar-refractivity contribution in [2.24, 2.45) is 5.11 Å². The minimum Gasteiger partial charge on any atom is -0.435 e. The minimum atomic E-state index is 0.464. The minimum absolute atomic E-state index is 0.464. The Hall–Kier alpha value is -2.86. The summed E-state index contributed by atoms with van der Waals surface area (Å²) in [6.45, 7) is 0. The molecule has 0 amide bonds. The molecule has 7 heteroatoms. The van der Waals surface area contributed by atoms with Gasteiger partial charge in [0.2, 0.25) is 5.89 Å². The molecule has 3 aromatic carbocycles. The van der Waals surface area contributed by atoms with Gasteiger partial charge in [-0.3, -0.25) is 0 Å². The average molecular weight is 496 g/mol. The molecule has 136 valence electrons. The molecule has 0 aliphatic carbocycles. The van der Waals surface area contributed by atoms with Crippen molar-refractivity contribution < 1.29 is 4.42 Å². The van der Waals surface area contributed by atoms with Crippen molar-refractivity contribution in [1.29, 1.82) is 0 Å². The predicted molar refractivity (Wildman–Crippen MR) is 117 cm³/mol. The van der Waals surface area contributed by atoms with Gasteiger partial charge < -0.3 is 4.42 Å². The first-order valence-corrected chi connectivity index (χ1v) is 9.91. The molecule has 0 unspecified atom stereocenters. The van der Waals surface area contributed by atoms with Gasteiger partial charge in [0.15, 0.2) is 5.76 Å². The molecule has 1 heterocycles. The van der Waals surface area contributed by atoms with Gasteiger partial charge in [-0.1, -0.05) is 73.4 Å². The molecule has 0 aliphatic rings. The van der Waals surface area contributed by atoms with E-state index in [1.165, 1.54) is 0 Å². The standard InChI is InChI=1S/C21H12Br2N4O/c22-16-8-4-13(5-9-16)19-20(14-6-10-17(23)11-7-14)28-21(25-19)15-2-1-3-18(12-15)26-27-24/h1-12H. The Morgan fingerprint density at radius 2 is 1.46 bits per heavy atom. The SMILES string of the molecule is [N-]=[N+]=Nc1cccc(-c2nc(-c3ccc(Br)cc3)c(-c3ccc(Br)cc3)o2)c1. The van der Waals surface area contributed by atoms with E-state index in [1.54, 1.807) is 12.1 Å². The van der Waals surface area contributed by atoms with E-state index in [0.29, 0.717) is 17.3 Å². The Bertz CT molecular complexity index is 1120. The zero-order chi connectivity index (χ0) is 19.5. The van der Waals surface area contributed by atoms with Gasteiger partial charge in [0.25, 0.3) is 0 Å². The molecule has 0 radical (unpaired) electrons. The van der Waals surface area contributed by atoms with E-state index in [9.17, 15) is 0 Å². The van der Waals surface area contributed by atoms with Crippen LogP contribution in [-0.4, -0.2) is 4.98 Å². The van der Waals surface area contributed by atoms with Crippen LogP contribution in [0.15, 0.2) is 91.3 Å². The molecule has 0 saturated heterocycles. The van der Waals surface area contributed by atoms with Crippen molar-refractivity contribution in [3.05, 3.63) is 92.2 Å². The molecule has 4 aromatic rings. The maximum Gasteiger partial charge on any atom is 0.227 e. The summed E-state index contributed by atoms with van der Waals surface area (Å²) in [4.78, 5) is 7.59. The van der Waals surface area contributed by atoms with Gasteiger partial charge in [-0.2, -0.15) is 0 Å². The molecule has 5 nitrogen and oxygen atoms in total. The van der Waals surface area contributed by atoms with Gasteiger partial charge >= 0.3 is 0 Å². The van der Waals surface area contributed by atoms with Crippen LogP contribution in [0.3, 0.4) is 0 Å². The van der Waals surface area contributed by atoms with Crippen molar-refractivity contribution in [2.45, 2.75) is 0 Å². The highest BCUT2D eigenvalue weighted by molar-refractivity contribution is 9.10. The van der Waals surface area contributed by atoms with Gasteiger partial charge in [0.05, 0.1) is 0 Å². The molecule has 0 bridgehead atoms. The third-order valence-electron chi connectivity index (χ3n) is 4.10. The second-order valence-electron chi connectivity index (χ2n) is 5.95. The number of halogens is 2. The van der Waals surface area contributed by atoms with Crippen LogP contribution in [-0.2, 0) is 0 Å². The zero-order valence-electron chi connectivity index (χ0n) is 14.4. The monoisotopic (exact) mass is 494 g/mol. The van der Waals surface area contributed by atoms with E-state index in [1.807, 2.05) is 60.7 Å². The summed E-state index contributed by atoms with van der Waals surface area (Å²) in [7, 11) is 0. The summed E-state index contributed by atoms with van der Waals surface area (Å²) in [5, 5.41) is 3.66. The normalized spacial score (nSPS) is 10.5. The van der Waals surface area contributed by atoms with Gasteiger partial charge in [0, 0.05) is 36.2 Å². The number of rotatable bonds is 4. The van der Waals surface area contributed by atoms with Crippen molar-refractivity contribution in [3.8, 4) is 34.0 Å². The van der Waals surface area contributed by atoms with Gasteiger partial charge in [-0.05, 0) is 41.9 Å². The summed E-state index contributed by atoms with van der Waals surface area (Å²) in [6.07, 6.45) is 0. The smallest absolute Gasteiger partial charge is 0.227 e. The summed E-state index contributed by atoms with van der Waals surface area (Å²) in [5.74, 6) is 1.14. The topological polar surface area (TPSA) is 74.8 Å². The van der Waals surface area contributed by atoms with Crippen molar-refractivity contribution in [3.63, 3.8) is 0 Å². The highest BCUT2D eigenvalue weighted by Gasteiger charge is 2.18. The van der Waals surface area contributed by atoms with Gasteiger partial charge in [-0.25, -0.2) is 4.98 Å². The van der Waals surface area contributed by atoms with Crippen molar-refractivity contribution in [1.82, 2.24) is 4.98 Å². The van der Waals surface area contributed by atoms with Gasteiger partial charge in [0.1, 0.15) is 5.69 Å². The Labute approximate surface area is 177 Å². The summed E-state index contributed by atoms with van der Waals surface area (Å²) < 4.78 is 8.15. The van der Waals surface area contributed by atoms with Crippen LogP contribution in [0.2, 0.25) is 0 Å². The number of hydrogen-bond acceptors (Lipinski definition) is 3. The molecule has 0 atom stereocenters. The Kier molecular flexibility index (Phi) is 5.30. The van der Waals surface area contributed by atoms with E-state index in [2.05, 4.69) is 41.9 Å². The van der Waals surface area contributed by atoms with Crippen molar-refractivity contribution in [2.75, 3.05) is 0 Å². The van der Waals surface area contributed by atoms with Gasteiger partial charge in [-0.15, -0.1) is 0 Å². The van der Waals surface area contributed by atoms with E-state index >= 15 is 0 Å². The van der Waals surface area contributed by atoms with Crippen LogP contribution in [0.25, 0.3) is 44.5 Å². The second kappa shape index (κ2) is 8.02. The molecular weight excluding hydrogens is 484 g/mol. The fourth-order valence-electron chi connectivity index (χ4n) is 2.80. The summed E-state index contributed by atoms with van der Waals surface area (Å²) in [5.41, 5.74) is 12.6. The molecule has 4 rings (SSSR count). The first kappa shape index (κ1) is 18.5. The maximum absolute atomic E-state index is 8.68. The lowest BCUT2D eigenvalue weighted by atomic mass is 10.1. The zero-order valence-corrected chi connectivity index (χ0v) is 17.6. The first-order chi connectivity index (χ1) is 13.6. The number of aromatic nitrogens is 1. The molecule has 0 spiro atoms. The molecule has 0 aliphatic heterocycles. The molecule has 0 N–H and O–H groups in total. The number of oxazole rings is 1. The number of hydrogen-bond donors (Lipinski definition) is 0. The highest BCUT2D eigenvalue weighted by Crippen LogP contribution is 2.37. The average Bonchev–Trinajstić information content (AvgIpc) is 3.15. The fraction of sp³-hybridized carbons (Fsp3) is 0. The highest BCUT2D eigenvalue weighted by atomic mass is 79.9. The van der Waals surface area contributed by atoms with E-state index in [-0.39, 0.29) is 0 Å². The Morgan fingerprint density at radius 1 is 0.821 bits per heavy atom. The number of nitrogens with zero attached hydrogens (tertiary/aromatic N) is 4. The van der Waals surface area contributed by atoms with E-state index < -0.39 is 0 Å². The molecular formula is C21H12Br2N4O. The predicted octanol–water partition coefficient (Wildman–Crippen LogP) is 8.14. The molecule has 1 aromatic heterocycles. The number of benzene rings is 3. The first-order valence-electron chi connectivity index (χ1n) is 8.32. The van der Waals surface area contributed by atoms with Crippen LogP contribution < -0.4 is 0 Å². The van der Waals surface area contributed by atoms with E-state index in [4.69, 9.17) is 14.9 Å². The molecule has 0 fully saturated rings. The van der Waals surface area contributed by atoms with Crippen LogP contribution in [0.4, 0.5) is 5.69 Å². The lowest BCUT2D eigenvalue weighted by molar-refractivity contribution is 0.589. The Balaban J connectivity index is 1.88. The quantitative estimate of drug-likeness (QED) is 0.163. The maximum atomic E-state index is 8.68. The fourth-order valence-corrected chi connectivity index (χ4v) is 3.33. The van der Waals surface area contributed by atoms with Crippen LogP contribution in [0.5, 0.6) is 0 Å². The lowest BCUT2D eigenvalue weighted by Crippen LogP contribution is -1.83. The van der Waals surface area contributed by atoms with Crippen LogP contribution in [0.1, 0.15) is 0 Å². The Morgan fingerprint density at radius 3 is 2.11 bits per heavy atom. The summed E-state index contributed by atoms with van der Waals surface area (Å²) >= 11 is 6.93. The third kappa shape index (κ3) is 3.87. The lowest BCUT2D eigenvalue weighted by Gasteiger charge is -2.02. The molecule has 28 heavy (non-hydrogen) atoms. The third-order valence-corrected chi connectivity index (χ3v) is 5.16. The molecule has 0 saturated carbocycles. The second-order valence-corrected chi connectivity index (χ2v) is 7.78. The van der Waals surface area contributed by atoms with Crippen molar-refractivity contribution >= 4 is 37.5 Å². The van der Waals surface area contributed by atoms with E-state index in [0.717, 1.165) is 31.3 Å². The van der Waals surface area contributed by atoms with Crippen LogP contribution in [0, 0.1) is 0 Å². The van der Waals surface area contributed by atoms with Crippen LogP contribution >= 0.6 is 31.9 Å². The largest absolute Gasteiger partial charge is 0.435 e.